The lowest BCUT2D eigenvalue weighted by Gasteiger charge is -2.25. The Labute approximate surface area is 149 Å². The number of hydrogen-bond acceptors (Lipinski definition) is 5. The van der Waals surface area contributed by atoms with Crippen LogP contribution in [0, 0.1) is 0 Å². The van der Waals surface area contributed by atoms with Crippen LogP contribution in [0.15, 0.2) is 30.3 Å². The predicted molar refractivity (Wildman–Crippen MR) is 94.5 cm³/mol. The summed E-state index contributed by atoms with van der Waals surface area (Å²) in [6.07, 6.45) is 0.929. The van der Waals surface area contributed by atoms with E-state index in [1.165, 1.54) is 0 Å². The summed E-state index contributed by atoms with van der Waals surface area (Å²) in [5.74, 6) is -0.495. The van der Waals surface area contributed by atoms with Gasteiger partial charge in [-0.1, -0.05) is 18.2 Å². The zero-order chi connectivity index (χ0) is 18.7. The van der Waals surface area contributed by atoms with Crippen LogP contribution in [0.25, 0.3) is 10.8 Å². The lowest BCUT2D eigenvalue weighted by molar-refractivity contribution is -0.130. The van der Waals surface area contributed by atoms with E-state index in [9.17, 15) is 19.2 Å². The quantitative estimate of drug-likeness (QED) is 0.731. The number of ether oxygens (including phenoxy) is 1. The molecular formula is C19H18N2O5. The number of benzene rings is 2. The number of anilines is 1. The van der Waals surface area contributed by atoms with Crippen molar-refractivity contribution in [2.75, 3.05) is 4.90 Å². The molecule has 1 aliphatic rings. The van der Waals surface area contributed by atoms with Gasteiger partial charge >= 0.3 is 0 Å². The average Bonchev–Trinajstić information content (AvgIpc) is 2.93. The number of rotatable bonds is 8. The molecule has 0 aromatic heterocycles. The molecule has 134 valence electrons. The first-order chi connectivity index (χ1) is 12.6. The maximum atomic E-state index is 12.9. The Balaban J connectivity index is 1.93. The van der Waals surface area contributed by atoms with Crippen LogP contribution in [0.1, 0.15) is 35.7 Å². The average molecular weight is 354 g/mol. The molecule has 7 heteroatoms. The first kappa shape index (κ1) is 17.6. The number of carbonyl (C=O) groups excluding carboxylic acids is 4. The molecule has 1 N–H and O–H groups in total. The first-order valence-electron chi connectivity index (χ1n) is 8.25. The van der Waals surface area contributed by atoms with Gasteiger partial charge in [0.05, 0.1) is 5.69 Å². The fourth-order valence-electron chi connectivity index (χ4n) is 3.36. The second kappa shape index (κ2) is 7.35. The lowest BCUT2D eigenvalue weighted by Crippen LogP contribution is -2.36. The Morgan fingerprint density at radius 3 is 2.81 bits per heavy atom. The highest BCUT2D eigenvalue weighted by Crippen LogP contribution is 2.40. The number of carbonyl (C=O) groups is 4. The summed E-state index contributed by atoms with van der Waals surface area (Å²) < 4.78 is 4.86. The first-order valence-corrected chi connectivity index (χ1v) is 8.25. The fourth-order valence-corrected chi connectivity index (χ4v) is 3.36. The van der Waals surface area contributed by atoms with E-state index in [4.69, 9.17) is 4.74 Å². The third kappa shape index (κ3) is 3.03. The van der Waals surface area contributed by atoms with Gasteiger partial charge in [0.2, 0.25) is 12.3 Å². The standard InChI is InChI=1S/C19H18N2O5/c1-12(5-8-17(24)20-10-22)21-16-7-6-13(9-26-11-23)14-3-2-4-15(18(14)16)19(21)25/h2-4,6-7,10-12H,5,8-9H2,1H3,(H,20,22,24). The van der Waals surface area contributed by atoms with Crippen LogP contribution in [-0.4, -0.2) is 30.7 Å². The topological polar surface area (TPSA) is 92.8 Å². The molecule has 0 saturated carbocycles. The second-order valence-electron chi connectivity index (χ2n) is 6.13. The number of nitrogens with zero attached hydrogens (tertiary/aromatic N) is 1. The maximum Gasteiger partial charge on any atom is 0.293 e. The normalized spacial score (nSPS) is 13.6. The highest BCUT2D eigenvalue weighted by Gasteiger charge is 2.33. The molecule has 0 saturated heterocycles. The van der Waals surface area contributed by atoms with Crippen molar-refractivity contribution in [3.05, 3.63) is 41.5 Å². The molecule has 1 atom stereocenters. The molecule has 7 nitrogen and oxygen atoms in total. The minimum absolute atomic E-state index is 0.123. The molecule has 0 fully saturated rings. The van der Waals surface area contributed by atoms with Crippen molar-refractivity contribution in [2.45, 2.75) is 32.4 Å². The molecule has 2 aromatic carbocycles. The Kier molecular flexibility index (Phi) is 4.97. The van der Waals surface area contributed by atoms with E-state index in [-0.39, 0.29) is 30.9 Å². The van der Waals surface area contributed by atoms with Crippen molar-refractivity contribution in [2.24, 2.45) is 0 Å². The van der Waals surface area contributed by atoms with Gasteiger partial charge in [0.25, 0.3) is 12.4 Å². The van der Waals surface area contributed by atoms with Gasteiger partial charge in [-0.3, -0.25) is 24.5 Å². The highest BCUT2D eigenvalue weighted by atomic mass is 16.5. The van der Waals surface area contributed by atoms with Crippen LogP contribution in [0.4, 0.5) is 5.69 Å². The third-order valence-corrected chi connectivity index (χ3v) is 4.57. The minimum atomic E-state index is -0.373. The van der Waals surface area contributed by atoms with Gasteiger partial charge in [-0.2, -0.15) is 0 Å². The van der Waals surface area contributed by atoms with E-state index in [1.54, 1.807) is 17.0 Å². The number of amides is 3. The van der Waals surface area contributed by atoms with Crippen LogP contribution in [0.3, 0.4) is 0 Å². The predicted octanol–water partition coefficient (Wildman–Crippen LogP) is 1.91. The van der Waals surface area contributed by atoms with E-state index in [0.29, 0.717) is 24.9 Å². The van der Waals surface area contributed by atoms with Crippen molar-refractivity contribution < 1.29 is 23.9 Å². The molecule has 2 aromatic rings. The summed E-state index contributed by atoms with van der Waals surface area (Å²) in [6.45, 7) is 2.40. The van der Waals surface area contributed by atoms with Crippen molar-refractivity contribution in [1.82, 2.24) is 5.32 Å². The van der Waals surface area contributed by atoms with E-state index >= 15 is 0 Å². The molecule has 1 unspecified atom stereocenters. The molecular weight excluding hydrogens is 336 g/mol. The molecule has 0 aliphatic carbocycles. The summed E-state index contributed by atoms with van der Waals surface area (Å²) in [5.41, 5.74) is 2.19. The van der Waals surface area contributed by atoms with Crippen molar-refractivity contribution >= 4 is 41.2 Å². The SMILES string of the molecule is CC(CCC(=O)NC=O)N1C(=O)c2cccc3c(COC=O)ccc1c23. The van der Waals surface area contributed by atoms with Gasteiger partial charge in [0.15, 0.2) is 0 Å². The summed E-state index contributed by atoms with van der Waals surface area (Å²) in [6, 6.07) is 8.92. The minimum Gasteiger partial charge on any atom is -0.463 e. The molecule has 26 heavy (non-hydrogen) atoms. The molecule has 0 spiro atoms. The van der Waals surface area contributed by atoms with Gasteiger partial charge in [-0.25, -0.2) is 0 Å². The van der Waals surface area contributed by atoms with Crippen LogP contribution in [0.2, 0.25) is 0 Å². The largest absolute Gasteiger partial charge is 0.463 e. The van der Waals surface area contributed by atoms with E-state index < -0.39 is 0 Å². The molecule has 3 rings (SSSR count). The summed E-state index contributed by atoms with van der Waals surface area (Å²) in [5, 5.41) is 3.79. The Morgan fingerprint density at radius 2 is 2.08 bits per heavy atom. The van der Waals surface area contributed by atoms with Gasteiger partial charge in [0.1, 0.15) is 6.61 Å². The second-order valence-corrected chi connectivity index (χ2v) is 6.13. The van der Waals surface area contributed by atoms with Crippen LogP contribution >= 0.6 is 0 Å². The van der Waals surface area contributed by atoms with Crippen molar-refractivity contribution in [3.63, 3.8) is 0 Å². The summed E-state index contributed by atoms with van der Waals surface area (Å²) in [4.78, 5) is 46.9. The monoisotopic (exact) mass is 354 g/mol. The Hall–Kier alpha value is -3.22. The van der Waals surface area contributed by atoms with Crippen molar-refractivity contribution in [1.29, 1.82) is 0 Å². The van der Waals surface area contributed by atoms with Crippen LogP contribution in [0.5, 0.6) is 0 Å². The number of imide groups is 1. The van der Waals surface area contributed by atoms with Crippen molar-refractivity contribution in [3.8, 4) is 0 Å². The van der Waals surface area contributed by atoms with E-state index in [2.05, 4.69) is 5.32 Å². The zero-order valence-electron chi connectivity index (χ0n) is 14.2. The summed E-state index contributed by atoms with van der Waals surface area (Å²) >= 11 is 0. The lowest BCUT2D eigenvalue weighted by atomic mass is 10.0. The molecule has 3 amide bonds. The summed E-state index contributed by atoms with van der Waals surface area (Å²) in [7, 11) is 0. The van der Waals surface area contributed by atoms with Gasteiger partial charge in [-0.05, 0) is 36.4 Å². The number of nitrogens with one attached hydrogen (secondary N) is 1. The number of hydrogen-bond donors (Lipinski definition) is 1. The highest BCUT2D eigenvalue weighted by molar-refractivity contribution is 6.25. The molecule has 0 radical (unpaired) electrons. The van der Waals surface area contributed by atoms with Gasteiger partial charge < -0.3 is 9.64 Å². The van der Waals surface area contributed by atoms with Crippen LogP contribution in [-0.2, 0) is 25.7 Å². The van der Waals surface area contributed by atoms with Crippen LogP contribution < -0.4 is 10.2 Å². The molecule has 1 aliphatic heterocycles. The molecule has 0 bridgehead atoms. The van der Waals surface area contributed by atoms with Gasteiger partial charge in [0, 0.05) is 23.4 Å². The smallest absolute Gasteiger partial charge is 0.293 e. The Bertz CT molecular complexity index is 893. The van der Waals surface area contributed by atoms with Gasteiger partial charge in [-0.15, -0.1) is 0 Å². The van der Waals surface area contributed by atoms with E-state index in [0.717, 1.165) is 22.0 Å². The fraction of sp³-hybridized carbons (Fsp3) is 0.263. The molecule has 1 heterocycles. The maximum absolute atomic E-state index is 12.9. The zero-order valence-corrected chi connectivity index (χ0v) is 14.2. The van der Waals surface area contributed by atoms with E-state index in [1.807, 2.05) is 25.1 Å². The Morgan fingerprint density at radius 1 is 1.27 bits per heavy atom. The third-order valence-electron chi connectivity index (χ3n) is 4.57.